The molecular formula is CaFeSeZn. The fourth-order valence-electron chi connectivity index (χ4n) is 0. The van der Waals surface area contributed by atoms with Gasteiger partial charge in [0.25, 0.3) is 0 Å². The van der Waals surface area contributed by atoms with E-state index in [1.165, 1.54) is 0 Å². The van der Waals surface area contributed by atoms with Crippen molar-refractivity contribution in [2.24, 2.45) is 0 Å². The van der Waals surface area contributed by atoms with Crippen LogP contribution in [-0.2, 0) is 36.5 Å². The van der Waals surface area contributed by atoms with Crippen LogP contribution in [0.1, 0.15) is 0 Å². The minimum atomic E-state index is 0. The van der Waals surface area contributed by atoms with Crippen LogP contribution in [0.4, 0.5) is 0 Å². The summed E-state index contributed by atoms with van der Waals surface area (Å²) in [4.78, 5) is 0. The summed E-state index contributed by atoms with van der Waals surface area (Å²) >= 11 is 0. The average Bonchev–Trinajstić information content (AvgIpc) is 0. The first-order valence-corrected chi connectivity index (χ1v) is 0. The summed E-state index contributed by atoms with van der Waals surface area (Å²) < 4.78 is 0. The third kappa shape index (κ3) is 8.87. The molecule has 0 spiro atoms. The Morgan fingerprint density at radius 2 is 1.00 bits per heavy atom. The van der Waals surface area contributed by atoms with E-state index in [1.54, 1.807) is 0 Å². The molecule has 0 amide bonds. The molecule has 0 saturated carbocycles. The first-order chi connectivity index (χ1) is 0. The third-order valence-corrected chi connectivity index (χ3v) is 0. The fourth-order valence-corrected chi connectivity index (χ4v) is 0. The predicted molar refractivity (Wildman–Crippen MR) is 11.5 cm³/mol. The normalized spacial score (nSPS) is 0. The van der Waals surface area contributed by atoms with Crippen molar-refractivity contribution in [2.75, 3.05) is 0 Å². The summed E-state index contributed by atoms with van der Waals surface area (Å²) in [7, 11) is 0. The molecule has 0 saturated heterocycles. The Kier molecular flexibility index (Phi) is 119. The second kappa shape index (κ2) is 16.8. The quantitative estimate of drug-likeness (QED) is 0.488. The molecule has 0 heterocycles. The van der Waals surface area contributed by atoms with Gasteiger partial charge in [0.1, 0.15) is 0 Å². The molecular weight excluding hydrogens is 240 g/mol. The summed E-state index contributed by atoms with van der Waals surface area (Å²) in [5, 5.41) is 0. The molecule has 0 fully saturated rings. The molecule has 0 nitrogen and oxygen atoms in total. The van der Waals surface area contributed by atoms with Gasteiger partial charge in [-0.25, -0.2) is 0 Å². The van der Waals surface area contributed by atoms with Crippen molar-refractivity contribution in [3.8, 4) is 0 Å². The third-order valence-electron chi connectivity index (χ3n) is 0. The van der Waals surface area contributed by atoms with Crippen molar-refractivity contribution in [1.82, 2.24) is 0 Å². The van der Waals surface area contributed by atoms with Crippen molar-refractivity contribution in [2.45, 2.75) is 0 Å². The summed E-state index contributed by atoms with van der Waals surface area (Å²) in [6.07, 6.45) is 0. The predicted octanol–water partition coefficient (Wildman–Crippen LogP) is -0.767. The molecule has 0 aliphatic heterocycles. The molecule has 0 aliphatic carbocycles. The Morgan fingerprint density at radius 1 is 1.00 bits per heavy atom. The SMILES string of the molecule is [Ca].[Fe].[Se].[Zn]. The minimum absolute atomic E-state index is 0. The van der Waals surface area contributed by atoms with Gasteiger partial charge in [-0.2, -0.15) is 0 Å². The standard InChI is InChI=1S/Ca.Fe.Se.Zn. The van der Waals surface area contributed by atoms with Gasteiger partial charge < -0.3 is 0 Å². The summed E-state index contributed by atoms with van der Waals surface area (Å²) in [6, 6.07) is 0. The Balaban J connectivity index is 0. The zero-order chi connectivity index (χ0) is 0. The van der Waals surface area contributed by atoms with Crippen LogP contribution in [0.25, 0.3) is 0 Å². The first-order valence-electron chi connectivity index (χ1n) is 0. The second-order valence-electron chi connectivity index (χ2n) is 0. The van der Waals surface area contributed by atoms with E-state index in [1.807, 2.05) is 0 Å². The fraction of sp³-hybridized carbons (Fsp3) is 0. The van der Waals surface area contributed by atoms with Crippen LogP contribution >= 0.6 is 0 Å². The molecule has 18 valence electrons. The maximum absolute atomic E-state index is 0. The Bertz CT molecular complexity index is 8.00. The van der Waals surface area contributed by atoms with Gasteiger partial charge in [0, 0.05) is 91.4 Å². The van der Waals surface area contributed by atoms with Crippen molar-refractivity contribution >= 4 is 54.8 Å². The van der Waals surface area contributed by atoms with E-state index in [2.05, 4.69) is 0 Å². The molecule has 0 unspecified atom stereocenters. The van der Waals surface area contributed by atoms with Gasteiger partial charge in [-0.05, 0) is 0 Å². The van der Waals surface area contributed by atoms with Crippen molar-refractivity contribution in [1.29, 1.82) is 0 Å². The van der Waals surface area contributed by atoms with Gasteiger partial charge in [-0.3, -0.25) is 0 Å². The van der Waals surface area contributed by atoms with E-state index >= 15 is 0 Å². The van der Waals surface area contributed by atoms with Crippen LogP contribution in [-0.4, -0.2) is 54.8 Å². The zero-order valence-electron chi connectivity index (χ0n) is 2.18. The van der Waals surface area contributed by atoms with Crippen LogP contribution < -0.4 is 0 Å². The van der Waals surface area contributed by atoms with Crippen LogP contribution in [0.2, 0.25) is 0 Å². The summed E-state index contributed by atoms with van der Waals surface area (Å²) in [5.41, 5.74) is 0. The first kappa shape index (κ1) is 28.4. The molecule has 0 bridgehead atoms. The Morgan fingerprint density at radius 3 is 1.00 bits per heavy atom. The topological polar surface area (TPSA) is 0 Å². The zero-order valence-corrected chi connectivity index (χ0v) is 10.2. The van der Waals surface area contributed by atoms with Crippen LogP contribution in [0.15, 0.2) is 0 Å². The molecule has 0 aliphatic rings. The van der Waals surface area contributed by atoms with Gasteiger partial charge in [-0.1, -0.05) is 0 Å². The van der Waals surface area contributed by atoms with Gasteiger partial charge >= 0.3 is 0 Å². The molecule has 0 aromatic carbocycles. The van der Waals surface area contributed by atoms with E-state index < -0.39 is 0 Å². The smallest absolute Gasteiger partial charge is 0 e. The van der Waals surface area contributed by atoms with E-state index in [4.69, 9.17) is 0 Å². The van der Waals surface area contributed by atoms with Crippen LogP contribution in [0, 0.1) is 0 Å². The number of hydrogen-bond acceptors (Lipinski definition) is 0. The number of rotatable bonds is 0. The maximum atomic E-state index is 0. The van der Waals surface area contributed by atoms with Crippen molar-refractivity contribution in [3.63, 3.8) is 0 Å². The molecule has 4 heteroatoms. The Labute approximate surface area is 89.6 Å². The van der Waals surface area contributed by atoms with Gasteiger partial charge in [-0.15, -0.1) is 0 Å². The van der Waals surface area contributed by atoms with Crippen LogP contribution in [0.3, 0.4) is 0 Å². The number of hydrogen-bond donors (Lipinski definition) is 0. The molecule has 0 aromatic rings. The molecule has 4 heavy (non-hydrogen) atoms. The molecule has 0 aromatic heterocycles. The van der Waals surface area contributed by atoms with E-state index in [-0.39, 0.29) is 91.4 Å². The summed E-state index contributed by atoms with van der Waals surface area (Å²) in [5.74, 6) is 0. The maximum Gasteiger partial charge on any atom is 0 e. The molecule has 0 rings (SSSR count). The second-order valence-corrected chi connectivity index (χ2v) is 0. The van der Waals surface area contributed by atoms with Crippen LogP contribution in [0.5, 0.6) is 0 Å². The van der Waals surface area contributed by atoms with Gasteiger partial charge in [0.15, 0.2) is 0 Å². The van der Waals surface area contributed by atoms with Crippen molar-refractivity contribution in [3.05, 3.63) is 0 Å². The van der Waals surface area contributed by atoms with Gasteiger partial charge in [0.05, 0.1) is 0 Å². The minimum Gasteiger partial charge on any atom is 0 e. The van der Waals surface area contributed by atoms with E-state index in [9.17, 15) is 0 Å². The van der Waals surface area contributed by atoms with Gasteiger partial charge in [0.2, 0.25) is 0 Å². The summed E-state index contributed by atoms with van der Waals surface area (Å²) in [6.45, 7) is 0. The average molecular weight is 240 g/mol. The molecule has 0 atom stereocenters. The van der Waals surface area contributed by atoms with E-state index in [0.717, 1.165) is 0 Å². The Hall–Kier alpha value is 2.92. The molecule has 4 radical (unpaired) electrons. The van der Waals surface area contributed by atoms with Crippen molar-refractivity contribution < 1.29 is 36.5 Å². The molecule has 0 N–H and O–H groups in total. The largest absolute Gasteiger partial charge is 0 e. The van der Waals surface area contributed by atoms with E-state index in [0.29, 0.717) is 0 Å². The monoisotopic (exact) mass is 240 g/mol.